The molecule has 0 aliphatic rings. The van der Waals surface area contributed by atoms with Crippen LogP contribution in [0.3, 0.4) is 0 Å². The van der Waals surface area contributed by atoms with E-state index in [-0.39, 0.29) is 0 Å². The summed E-state index contributed by atoms with van der Waals surface area (Å²) in [6, 6.07) is 0. The molecule has 0 radical (unpaired) electrons. The maximum Gasteiger partial charge on any atom is 0.181 e. The summed E-state index contributed by atoms with van der Waals surface area (Å²) in [7, 11) is 0. The van der Waals surface area contributed by atoms with E-state index in [0.29, 0.717) is 11.5 Å². The number of rotatable bonds is 1. The van der Waals surface area contributed by atoms with E-state index in [2.05, 4.69) is 29.9 Å². The van der Waals surface area contributed by atoms with Crippen LogP contribution in [0.15, 0.2) is 24.9 Å². The summed E-state index contributed by atoms with van der Waals surface area (Å²) in [5.41, 5.74) is 2.28. The van der Waals surface area contributed by atoms with Crippen LogP contribution in [0.5, 0.6) is 0 Å². The summed E-state index contributed by atoms with van der Waals surface area (Å²) >= 11 is 0. The highest BCUT2D eigenvalue weighted by Gasteiger charge is 2.06. The molecule has 78 valence electrons. The third kappa shape index (κ3) is 1.40. The number of aromatic amines is 1. The Labute approximate surface area is 90.8 Å². The number of hydrogen-bond donors (Lipinski definition) is 1. The van der Waals surface area contributed by atoms with Gasteiger partial charge in [-0.2, -0.15) is 0 Å². The van der Waals surface area contributed by atoms with Crippen LogP contribution < -0.4 is 0 Å². The molecule has 0 saturated carbocycles. The molecule has 0 aliphatic heterocycles. The Hall–Kier alpha value is -2.37. The summed E-state index contributed by atoms with van der Waals surface area (Å²) in [4.78, 5) is 23.6. The molecule has 16 heavy (non-hydrogen) atoms. The fraction of sp³-hybridized carbons (Fsp3) is 0.100. The van der Waals surface area contributed by atoms with Crippen LogP contribution in [0.2, 0.25) is 0 Å². The van der Waals surface area contributed by atoms with Gasteiger partial charge in [0.05, 0.1) is 11.8 Å². The second-order valence-electron chi connectivity index (χ2n) is 3.36. The molecule has 0 amide bonds. The molecule has 0 bridgehead atoms. The van der Waals surface area contributed by atoms with Crippen LogP contribution in [-0.4, -0.2) is 29.9 Å². The number of nitrogens with zero attached hydrogens (tertiary/aromatic N) is 5. The molecule has 0 atom stereocenters. The van der Waals surface area contributed by atoms with Crippen LogP contribution in [-0.2, 0) is 0 Å². The van der Waals surface area contributed by atoms with E-state index >= 15 is 0 Å². The average Bonchev–Trinajstić information content (AvgIpc) is 2.73. The van der Waals surface area contributed by atoms with Crippen molar-refractivity contribution in [3.8, 4) is 11.4 Å². The molecule has 3 aromatic rings. The van der Waals surface area contributed by atoms with Gasteiger partial charge in [0, 0.05) is 12.4 Å². The summed E-state index contributed by atoms with van der Waals surface area (Å²) in [6.07, 6.45) is 6.62. The van der Waals surface area contributed by atoms with Crippen LogP contribution in [0.4, 0.5) is 0 Å². The molecular formula is C10H8N6. The van der Waals surface area contributed by atoms with Gasteiger partial charge in [0.2, 0.25) is 0 Å². The molecule has 1 N–H and O–H groups in total. The Morgan fingerprint density at radius 2 is 1.88 bits per heavy atom. The first-order chi connectivity index (χ1) is 7.83. The first-order valence-corrected chi connectivity index (χ1v) is 4.78. The number of aromatic nitrogens is 6. The lowest BCUT2D eigenvalue weighted by atomic mass is 10.3. The van der Waals surface area contributed by atoms with Crippen LogP contribution in [0.1, 0.15) is 5.82 Å². The Bertz CT molecular complexity index is 594. The quantitative estimate of drug-likeness (QED) is 0.653. The summed E-state index contributed by atoms with van der Waals surface area (Å²) in [5, 5.41) is 0. The molecule has 6 nitrogen and oxygen atoms in total. The predicted molar refractivity (Wildman–Crippen MR) is 57.4 cm³/mol. The van der Waals surface area contributed by atoms with Crippen molar-refractivity contribution >= 4 is 11.2 Å². The number of fused-ring (bicyclic) bond motifs is 1. The van der Waals surface area contributed by atoms with Gasteiger partial charge in [-0.05, 0) is 6.92 Å². The zero-order valence-corrected chi connectivity index (χ0v) is 8.55. The minimum absolute atomic E-state index is 0.644. The molecule has 3 aromatic heterocycles. The van der Waals surface area contributed by atoms with Gasteiger partial charge in [-0.25, -0.2) is 24.9 Å². The van der Waals surface area contributed by atoms with Gasteiger partial charge < -0.3 is 4.98 Å². The monoisotopic (exact) mass is 212 g/mol. The van der Waals surface area contributed by atoms with Gasteiger partial charge in [-0.3, -0.25) is 0 Å². The van der Waals surface area contributed by atoms with E-state index in [0.717, 1.165) is 16.9 Å². The Balaban J connectivity index is 2.15. The van der Waals surface area contributed by atoms with Crippen molar-refractivity contribution in [2.45, 2.75) is 6.92 Å². The van der Waals surface area contributed by atoms with Crippen molar-refractivity contribution in [1.29, 1.82) is 0 Å². The Morgan fingerprint density at radius 1 is 1.06 bits per heavy atom. The fourth-order valence-corrected chi connectivity index (χ4v) is 1.41. The molecule has 0 fully saturated rings. The maximum atomic E-state index is 4.33. The first-order valence-electron chi connectivity index (χ1n) is 4.78. The van der Waals surface area contributed by atoms with Gasteiger partial charge in [0.1, 0.15) is 23.5 Å². The average molecular weight is 212 g/mol. The van der Waals surface area contributed by atoms with E-state index < -0.39 is 0 Å². The Kier molecular flexibility index (Phi) is 1.86. The Morgan fingerprint density at radius 3 is 2.62 bits per heavy atom. The smallest absolute Gasteiger partial charge is 0.181 e. The van der Waals surface area contributed by atoms with Crippen LogP contribution in [0, 0.1) is 6.92 Å². The molecule has 3 heterocycles. The minimum Gasteiger partial charge on any atom is -0.335 e. The molecular weight excluding hydrogens is 204 g/mol. The minimum atomic E-state index is 0.644. The van der Waals surface area contributed by atoms with Gasteiger partial charge in [-0.15, -0.1) is 0 Å². The van der Waals surface area contributed by atoms with Crippen molar-refractivity contribution in [1.82, 2.24) is 29.9 Å². The standard InChI is InChI=1S/C10H8N6/c1-6-12-2-7(3-13-6)9-15-8-4-11-5-14-10(8)16-9/h2-5H,1H3,(H,11,14,15,16). The van der Waals surface area contributed by atoms with Crippen molar-refractivity contribution < 1.29 is 0 Å². The third-order valence-electron chi connectivity index (χ3n) is 2.22. The number of H-pyrrole nitrogens is 1. The van der Waals surface area contributed by atoms with Gasteiger partial charge >= 0.3 is 0 Å². The van der Waals surface area contributed by atoms with Gasteiger partial charge in [0.15, 0.2) is 5.65 Å². The molecule has 3 rings (SSSR count). The molecule has 6 heteroatoms. The van der Waals surface area contributed by atoms with Crippen molar-refractivity contribution in [3.63, 3.8) is 0 Å². The summed E-state index contributed by atoms with van der Waals surface area (Å²) in [5.74, 6) is 1.44. The lowest BCUT2D eigenvalue weighted by molar-refractivity contribution is 1.05. The summed E-state index contributed by atoms with van der Waals surface area (Å²) < 4.78 is 0. The first kappa shape index (κ1) is 8.90. The molecule has 0 aliphatic carbocycles. The number of aryl methyl sites for hydroxylation is 1. The normalized spacial score (nSPS) is 10.8. The lowest BCUT2D eigenvalue weighted by Gasteiger charge is -1.94. The maximum absolute atomic E-state index is 4.33. The summed E-state index contributed by atoms with van der Waals surface area (Å²) in [6.45, 7) is 1.84. The van der Waals surface area contributed by atoms with E-state index in [1.165, 1.54) is 6.33 Å². The highest BCUT2D eigenvalue weighted by atomic mass is 15.0. The van der Waals surface area contributed by atoms with E-state index in [1.807, 2.05) is 6.92 Å². The van der Waals surface area contributed by atoms with Crippen molar-refractivity contribution in [2.75, 3.05) is 0 Å². The van der Waals surface area contributed by atoms with Crippen LogP contribution >= 0.6 is 0 Å². The van der Waals surface area contributed by atoms with Crippen molar-refractivity contribution in [3.05, 3.63) is 30.7 Å². The largest absolute Gasteiger partial charge is 0.335 e. The van der Waals surface area contributed by atoms with Gasteiger partial charge in [-0.1, -0.05) is 0 Å². The highest BCUT2D eigenvalue weighted by molar-refractivity contribution is 5.74. The second-order valence-corrected chi connectivity index (χ2v) is 3.36. The topological polar surface area (TPSA) is 80.2 Å². The SMILES string of the molecule is Cc1ncc(-c2nc3ncncc3[nH]2)cn1. The second kappa shape index (κ2) is 3.34. The molecule has 0 spiro atoms. The predicted octanol–water partition coefficient (Wildman–Crippen LogP) is 1.12. The number of hydrogen-bond acceptors (Lipinski definition) is 5. The zero-order valence-electron chi connectivity index (χ0n) is 8.55. The number of imidazole rings is 1. The third-order valence-corrected chi connectivity index (χ3v) is 2.22. The number of nitrogens with one attached hydrogen (secondary N) is 1. The van der Waals surface area contributed by atoms with E-state index in [1.54, 1.807) is 18.6 Å². The molecule has 0 aromatic carbocycles. The lowest BCUT2D eigenvalue weighted by Crippen LogP contribution is -1.88. The van der Waals surface area contributed by atoms with E-state index in [4.69, 9.17) is 0 Å². The van der Waals surface area contributed by atoms with E-state index in [9.17, 15) is 0 Å². The molecule has 0 unspecified atom stereocenters. The van der Waals surface area contributed by atoms with Crippen molar-refractivity contribution in [2.24, 2.45) is 0 Å². The highest BCUT2D eigenvalue weighted by Crippen LogP contribution is 2.16. The van der Waals surface area contributed by atoms with Crippen LogP contribution in [0.25, 0.3) is 22.6 Å². The fourth-order valence-electron chi connectivity index (χ4n) is 1.41. The zero-order chi connectivity index (χ0) is 11.0. The molecule has 0 saturated heterocycles. The van der Waals surface area contributed by atoms with Gasteiger partial charge in [0.25, 0.3) is 0 Å².